The summed E-state index contributed by atoms with van der Waals surface area (Å²) in [5.41, 5.74) is 0. The second-order valence-corrected chi connectivity index (χ2v) is 3.70. The normalized spacial score (nSPS) is 11.5. The Morgan fingerprint density at radius 3 is 2.54 bits per heavy atom. The minimum absolute atomic E-state index is 0.355. The monoisotopic (exact) mass is 183 g/mol. The van der Waals surface area contributed by atoms with Gasteiger partial charge in [0.05, 0.1) is 6.54 Å². The highest BCUT2D eigenvalue weighted by atomic mass is 15.6. The summed E-state index contributed by atoms with van der Waals surface area (Å²) in [5.74, 6) is 1.17. The molecule has 0 aliphatic rings. The van der Waals surface area contributed by atoms with Crippen LogP contribution in [-0.2, 0) is 6.54 Å². The Kier molecular flexibility index (Phi) is 3.36. The van der Waals surface area contributed by atoms with E-state index in [2.05, 4.69) is 34.2 Å². The van der Waals surface area contributed by atoms with E-state index >= 15 is 0 Å². The molecule has 5 nitrogen and oxygen atoms in total. The standard InChI is InChI=1S/C8H17N5/c1-7(2)8-9-11-13(10-8)6-5-12(3)4/h7H,5-6H2,1-4H3. The summed E-state index contributed by atoms with van der Waals surface area (Å²) in [7, 11) is 4.06. The molecule has 0 unspecified atom stereocenters. The van der Waals surface area contributed by atoms with Crippen molar-refractivity contribution in [3.8, 4) is 0 Å². The molecule has 0 N–H and O–H groups in total. The molecule has 0 aliphatic carbocycles. The van der Waals surface area contributed by atoms with E-state index in [1.807, 2.05) is 14.1 Å². The maximum atomic E-state index is 4.25. The van der Waals surface area contributed by atoms with E-state index < -0.39 is 0 Å². The molecule has 0 amide bonds. The van der Waals surface area contributed by atoms with Gasteiger partial charge in [-0.3, -0.25) is 0 Å². The second kappa shape index (κ2) is 4.32. The first kappa shape index (κ1) is 10.1. The van der Waals surface area contributed by atoms with Crippen molar-refractivity contribution < 1.29 is 0 Å². The summed E-state index contributed by atoms with van der Waals surface area (Å²) < 4.78 is 0. The van der Waals surface area contributed by atoms with Crippen molar-refractivity contribution in [1.82, 2.24) is 25.1 Å². The predicted octanol–water partition coefficient (Wildman–Crippen LogP) is 0.358. The quantitative estimate of drug-likeness (QED) is 0.676. The number of aromatic nitrogens is 4. The molecule has 1 rings (SSSR count). The van der Waals surface area contributed by atoms with Crippen LogP contribution < -0.4 is 0 Å². The second-order valence-electron chi connectivity index (χ2n) is 3.70. The Morgan fingerprint density at radius 2 is 2.08 bits per heavy atom. The number of tetrazole rings is 1. The molecule has 0 bridgehead atoms. The van der Waals surface area contributed by atoms with Gasteiger partial charge in [-0.25, -0.2) is 0 Å². The highest BCUT2D eigenvalue weighted by Crippen LogP contribution is 2.04. The zero-order valence-electron chi connectivity index (χ0n) is 8.73. The summed E-state index contributed by atoms with van der Waals surface area (Å²) in [6, 6.07) is 0. The van der Waals surface area contributed by atoms with Gasteiger partial charge < -0.3 is 4.90 Å². The number of hydrogen-bond acceptors (Lipinski definition) is 4. The number of rotatable bonds is 4. The first-order valence-corrected chi connectivity index (χ1v) is 4.52. The molecule has 0 saturated heterocycles. The maximum Gasteiger partial charge on any atom is 0.177 e. The molecule has 0 fully saturated rings. The summed E-state index contributed by atoms with van der Waals surface area (Å²) in [6.45, 7) is 5.86. The molecule has 0 aliphatic heterocycles. The summed E-state index contributed by atoms with van der Waals surface area (Å²) >= 11 is 0. The fraction of sp³-hybridized carbons (Fsp3) is 0.875. The fourth-order valence-corrected chi connectivity index (χ4v) is 0.871. The smallest absolute Gasteiger partial charge is 0.177 e. The Morgan fingerprint density at radius 1 is 1.38 bits per heavy atom. The third kappa shape index (κ3) is 3.10. The van der Waals surface area contributed by atoms with E-state index in [0.29, 0.717) is 5.92 Å². The maximum absolute atomic E-state index is 4.25. The van der Waals surface area contributed by atoms with Gasteiger partial charge in [-0.2, -0.15) is 4.80 Å². The molecule has 1 heterocycles. The van der Waals surface area contributed by atoms with Crippen molar-refractivity contribution in [2.24, 2.45) is 0 Å². The van der Waals surface area contributed by atoms with Crippen LogP contribution in [0.3, 0.4) is 0 Å². The van der Waals surface area contributed by atoms with Crippen LogP contribution in [0.5, 0.6) is 0 Å². The third-order valence-corrected chi connectivity index (χ3v) is 1.73. The van der Waals surface area contributed by atoms with Crippen LogP contribution in [0.15, 0.2) is 0 Å². The third-order valence-electron chi connectivity index (χ3n) is 1.73. The molecule has 0 spiro atoms. The van der Waals surface area contributed by atoms with Crippen LogP contribution in [0.4, 0.5) is 0 Å². The lowest BCUT2D eigenvalue weighted by atomic mass is 10.2. The van der Waals surface area contributed by atoms with Crippen molar-refractivity contribution >= 4 is 0 Å². The van der Waals surface area contributed by atoms with E-state index in [4.69, 9.17) is 0 Å². The van der Waals surface area contributed by atoms with Crippen LogP contribution >= 0.6 is 0 Å². The summed E-state index contributed by atoms with van der Waals surface area (Å²) in [5, 5.41) is 12.2. The number of hydrogen-bond donors (Lipinski definition) is 0. The predicted molar refractivity (Wildman–Crippen MR) is 50.5 cm³/mol. The van der Waals surface area contributed by atoms with Crippen LogP contribution in [-0.4, -0.2) is 45.7 Å². The van der Waals surface area contributed by atoms with E-state index in [1.54, 1.807) is 4.80 Å². The van der Waals surface area contributed by atoms with Gasteiger partial charge in [0.25, 0.3) is 0 Å². The molecule has 0 aromatic carbocycles. The first-order valence-electron chi connectivity index (χ1n) is 4.52. The molecular formula is C8H17N5. The summed E-state index contributed by atoms with van der Waals surface area (Å²) in [4.78, 5) is 3.74. The Labute approximate surface area is 78.7 Å². The van der Waals surface area contributed by atoms with Crippen molar-refractivity contribution in [2.75, 3.05) is 20.6 Å². The van der Waals surface area contributed by atoms with E-state index in [0.717, 1.165) is 18.9 Å². The van der Waals surface area contributed by atoms with Gasteiger partial charge >= 0.3 is 0 Å². The minimum atomic E-state index is 0.355. The van der Waals surface area contributed by atoms with Gasteiger partial charge in [-0.05, 0) is 19.3 Å². The first-order chi connectivity index (χ1) is 6.09. The Balaban J connectivity index is 2.49. The van der Waals surface area contributed by atoms with Crippen molar-refractivity contribution in [3.05, 3.63) is 5.82 Å². The molecule has 74 valence electrons. The van der Waals surface area contributed by atoms with Crippen LogP contribution in [0, 0.1) is 0 Å². The largest absolute Gasteiger partial charge is 0.307 e. The summed E-state index contributed by atoms with van der Waals surface area (Å²) in [6.07, 6.45) is 0. The zero-order chi connectivity index (χ0) is 9.84. The average molecular weight is 183 g/mol. The van der Waals surface area contributed by atoms with Gasteiger partial charge in [-0.1, -0.05) is 13.8 Å². The van der Waals surface area contributed by atoms with Crippen LogP contribution in [0.2, 0.25) is 0 Å². The zero-order valence-corrected chi connectivity index (χ0v) is 8.73. The molecule has 13 heavy (non-hydrogen) atoms. The molecule has 1 aromatic rings. The van der Waals surface area contributed by atoms with Gasteiger partial charge in [0.15, 0.2) is 5.82 Å². The van der Waals surface area contributed by atoms with E-state index in [9.17, 15) is 0 Å². The fourth-order valence-electron chi connectivity index (χ4n) is 0.871. The van der Waals surface area contributed by atoms with Crippen LogP contribution in [0.1, 0.15) is 25.6 Å². The van der Waals surface area contributed by atoms with Crippen molar-refractivity contribution in [3.63, 3.8) is 0 Å². The highest BCUT2D eigenvalue weighted by Gasteiger charge is 2.06. The Hall–Kier alpha value is -0.970. The van der Waals surface area contributed by atoms with E-state index in [1.165, 1.54) is 0 Å². The number of nitrogens with zero attached hydrogens (tertiary/aromatic N) is 5. The molecule has 0 saturated carbocycles. The average Bonchev–Trinajstić information content (AvgIpc) is 2.48. The molecule has 1 aromatic heterocycles. The lowest BCUT2D eigenvalue weighted by Crippen LogP contribution is -2.19. The van der Waals surface area contributed by atoms with E-state index in [-0.39, 0.29) is 0 Å². The topological polar surface area (TPSA) is 46.8 Å². The minimum Gasteiger partial charge on any atom is -0.307 e. The van der Waals surface area contributed by atoms with Gasteiger partial charge in [0, 0.05) is 12.5 Å². The lowest BCUT2D eigenvalue weighted by molar-refractivity contribution is 0.355. The highest BCUT2D eigenvalue weighted by molar-refractivity contribution is 4.84. The van der Waals surface area contributed by atoms with Gasteiger partial charge in [0.1, 0.15) is 0 Å². The Bertz CT molecular complexity index is 253. The lowest BCUT2D eigenvalue weighted by Gasteiger charge is -2.06. The van der Waals surface area contributed by atoms with Crippen LogP contribution in [0.25, 0.3) is 0 Å². The molecule has 0 radical (unpaired) electrons. The number of likely N-dealkylation sites (N-methyl/N-ethyl adjacent to an activating group) is 1. The molecule has 5 heteroatoms. The van der Waals surface area contributed by atoms with Crippen molar-refractivity contribution in [1.29, 1.82) is 0 Å². The van der Waals surface area contributed by atoms with Gasteiger partial charge in [-0.15, -0.1) is 10.2 Å². The molecular weight excluding hydrogens is 166 g/mol. The van der Waals surface area contributed by atoms with Crippen molar-refractivity contribution in [2.45, 2.75) is 26.3 Å². The SMILES string of the molecule is CC(C)c1nnn(CCN(C)C)n1. The molecule has 0 atom stereocenters. The van der Waals surface area contributed by atoms with Gasteiger partial charge in [0.2, 0.25) is 0 Å².